The van der Waals surface area contributed by atoms with Gasteiger partial charge >= 0.3 is 17.9 Å². The van der Waals surface area contributed by atoms with E-state index in [9.17, 15) is 14.4 Å². The molecule has 6 heteroatoms. The molecule has 0 saturated carbocycles. The van der Waals surface area contributed by atoms with Crippen LogP contribution in [0.4, 0.5) is 0 Å². The number of hydrogen-bond donors (Lipinski definition) is 0. The largest absolute Gasteiger partial charge is 0.462 e. The Labute approximate surface area is 368 Å². The van der Waals surface area contributed by atoms with Gasteiger partial charge in [-0.15, -0.1) is 0 Å². The summed E-state index contributed by atoms with van der Waals surface area (Å²) in [7, 11) is 0. The first-order valence-electron chi connectivity index (χ1n) is 26.4. The van der Waals surface area contributed by atoms with Gasteiger partial charge in [0.25, 0.3) is 0 Å². The van der Waals surface area contributed by atoms with Gasteiger partial charge in [-0.05, 0) is 25.2 Å². The Kier molecular flexibility index (Phi) is 46.2. The third-order valence-electron chi connectivity index (χ3n) is 12.0. The first-order chi connectivity index (χ1) is 28.9. The predicted octanol–water partition coefficient (Wildman–Crippen LogP) is 17.1. The molecular weight excluding hydrogens is 733 g/mol. The zero-order valence-corrected chi connectivity index (χ0v) is 40.2. The zero-order valence-electron chi connectivity index (χ0n) is 40.2. The Balaban J connectivity index is 4.25. The minimum absolute atomic E-state index is 0.0627. The Morgan fingerprint density at radius 1 is 0.322 bits per heavy atom. The van der Waals surface area contributed by atoms with Crippen molar-refractivity contribution in [3.05, 3.63) is 0 Å². The first kappa shape index (κ1) is 57.4. The molecule has 0 fully saturated rings. The molecule has 350 valence electrons. The van der Waals surface area contributed by atoms with Crippen molar-refractivity contribution in [2.45, 2.75) is 303 Å². The van der Waals surface area contributed by atoms with E-state index in [-0.39, 0.29) is 31.1 Å². The monoisotopic (exact) mass is 835 g/mol. The molecule has 59 heavy (non-hydrogen) atoms. The van der Waals surface area contributed by atoms with E-state index in [0.29, 0.717) is 19.3 Å². The molecular formula is C53H102O6. The molecule has 0 heterocycles. The van der Waals surface area contributed by atoms with Crippen molar-refractivity contribution in [2.24, 2.45) is 5.92 Å². The average Bonchev–Trinajstić information content (AvgIpc) is 3.22. The highest BCUT2D eigenvalue weighted by Crippen LogP contribution is 2.17. The summed E-state index contributed by atoms with van der Waals surface area (Å²) in [6.45, 7) is 9.02. The second-order valence-corrected chi connectivity index (χ2v) is 18.6. The molecule has 0 aliphatic heterocycles. The van der Waals surface area contributed by atoms with E-state index in [1.54, 1.807) is 0 Å². The predicted molar refractivity (Wildman–Crippen MR) is 252 cm³/mol. The molecule has 0 radical (unpaired) electrons. The van der Waals surface area contributed by atoms with Gasteiger partial charge in [0.15, 0.2) is 6.10 Å². The van der Waals surface area contributed by atoms with Crippen LogP contribution in [0.25, 0.3) is 0 Å². The lowest BCUT2D eigenvalue weighted by atomic mass is 10.0. The van der Waals surface area contributed by atoms with Crippen LogP contribution >= 0.6 is 0 Å². The molecule has 0 saturated heterocycles. The van der Waals surface area contributed by atoms with Crippen LogP contribution in [0.15, 0.2) is 0 Å². The van der Waals surface area contributed by atoms with E-state index in [1.165, 1.54) is 193 Å². The highest BCUT2D eigenvalue weighted by atomic mass is 16.6. The minimum atomic E-state index is -0.760. The number of unbranched alkanes of at least 4 members (excludes halogenated alkanes) is 35. The van der Waals surface area contributed by atoms with Crippen LogP contribution in [-0.2, 0) is 28.6 Å². The van der Waals surface area contributed by atoms with E-state index < -0.39 is 6.10 Å². The molecule has 1 atom stereocenters. The van der Waals surface area contributed by atoms with E-state index in [1.807, 2.05) is 0 Å². The molecule has 0 unspecified atom stereocenters. The van der Waals surface area contributed by atoms with E-state index in [4.69, 9.17) is 14.2 Å². The SMILES string of the molecule is CCCCCCCCCCCCCCCCCCC(=O)O[C@@H](COC(=O)CCCCCCCCCCC)COC(=O)CCCCCCCCCCCCCCCC(C)C. The van der Waals surface area contributed by atoms with Gasteiger partial charge in [0.05, 0.1) is 0 Å². The fourth-order valence-corrected chi connectivity index (χ4v) is 8.04. The molecule has 0 aromatic rings. The van der Waals surface area contributed by atoms with E-state index in [0.717, 1.165) is 63.7 Å². The van der Waals surface area contributed by atoms with Crippen LogP contribution in [0.2, 0.25) is 0 Å². The van der Waals surface area contributed by atoms with Gasteiger partial charge in [-0.2, -0.15) is 0 Å². The summed E-state index contributed by atoms with van der Waals surface area (Å²) < 4.78 is 16.8. The van der Waals surface area contributed by atoms with Gasteiger partial charge in [-0.3, -0.25) is 14.4 Å². The average molecular weight is 835 g/mol. The molecule has 0 aliphatic rings. The van der Waals surface area contributed by atoms with Gasteiger partial charge in [0.2, 0.25) is 0 Å². The Bertz CT molecular complexity index is 887. The van der Waals surface area contributed by atoms with E-state index >= 15 is 0 Å². The maximum Gasteiger partial charge on any atom is 0.306 e. The van der Waals surface area contributed by atoms with Crippen molar-refractivity contribution in [3.8, 4) is 0 Å². The summed E-state index contributed by atoms with van der Waals surface area (Å²) in [6, 6.07) is 0. The lowest BCUT2D eigenvalue weighted by molar-refractivity contribution is -0.167. The normalized spacial score (nSPS) is 11.9. The van der Waals surface area contributed by atoms with Crippen molar-refractivity contribution < 1.29 is 28.6 Å². The Hall–Kier alpha value is -1.59. The van der Waals surface area contributed by atoms with Crippen molar-refractivity contribution in [2.75, 3.05) is 13.2 Å². The van der Waals surface area contributed by atoms with Crippen molar-refractivity contribution in [1.82, 2.24) is 0 Å². The van der Waals surface area contributed by atoms with Crippen LogP contribution in [0.1, 0.15) is 297 Å². The molecule has 0 aliphatic carbocycles. The van der Waals surface area contributed by atoms with Gasteiger partial charge in [0, 0.05) is 19.3 Å². The molecule has 0 bridgehead atoms. The zero-order chi connectivity index (χ0) is 43.1. The summed E-state index contributed by atoms with van der Waals surface area (Å²) in [5, 5.41) is 0. The molecule has 6 nitrogen and oxygen atoms in total. The van der Waals surface area contributed by atoms with Crippen LogP contribution in [0, 0.1) is 5.92 Å². The number of hydrogen-bond acceptors (Lipinski definition) is 6. The summed E-state index contributed by atoms with van der Waals surface area (Å²) in [6.07, 6.45) is 49.5. The third kappa shape index (κ3) is 47.3. The highest BCUT2D eigenvalue weighted by Gasteiger charge is 2.19. The van der Waals surface area contributed by atoms with Crippen LogP contribution < -0.4 is 0 Å². The minimum Gasteiger partial charge on any atom is -0.462 e. The summed E-state index contributed by atoms with van der Waals surface area (Å²) in [5.41, 5.74) is 0. The van der Waals surface area contributed by atoms with Gasteiger partial charge in [-0.25, -0.2) is 0 Å². The highest BCUT2D eigenvalue weighted by molar-refractivity contribution is 5.71. The number of carbonyl (C=O) groups is 3. The second kappa shape index (κ2) is 47.5. The fourth-order valence-electron chi connectivity index (χ4n) is 8.04. The van der Waals surface area contributed by atoms with Crippen molar-refractivity contribution >= 4 is 17.9 Å². The molecule has 0 amide bonds. The van der Waals surface area contributed by atoms with Crippen LogP contribution in [0.5, 0.6) is 0 Å². The topological polar surface area (TPSA) is 78.9 Å². The summed E-state index contributed by atoms with van der Waals surface area (Å²) in [4.78, 5) is 37.9. The summed E-state index contributed by atoms with van der Waals surface area (Å²) in [5.74, 6) is -0.00535. The van der Waals surface area contributed by atoms with Crippen LogP contribution in [-0.4, -0.2) is 37.2 Å². The fraction of sp³-hybridized carbons (Fsp3) is 0.943. The molecule has 0 aromatic heterocycles. The Morgan fingerprint density at radius 2 is 0.559 bits per heavy atom. The number of rotatable bonds is 48. The maximum atomic E-state index is 12.8. The number of esters is 3. The lowest BCUT2D eigenvalue weighted by Crippen LogP contribution is -2.30. The third-order valence-corrected chi connectivity index (χ3v) is 12.0. The number of ether oxygens (including phenoxy) is 3. The first-order valence-corrected chi connectivity index (χ1v) is 26.4. The molecule has 0 N–H and O–H groups in total. The number of carbonyl (C=O) groups excluding carboxylic acids is 3. The molecule has 0 rings (SSSR count). The van der Waals surface area contributed by atoms with Crippen molar-refractivity contribution in [3.63, 3.8) is 0 Å². The van der Waals surface area contributed by atoms with Gasteiger partial charge in [-0.1, -0.05) is 259 Å². The quantitative estimate of drug-likeness (QED) is 0.0345. The van der Waals surface area contributed by atoms with E-state index in [2.05, 4.69) is 27.7 Å². The van der Waals surface area contributed by atoms with Crippen molar-refractivity contribution in [1.29, 1.82) is 0 Å². The maximum absolute atomic E-state index is 12.8. The molecule has 0 aromatic carbocycles. The van der Waals surface area contributed by atoms with Gasteiger partial charge < -0.3 is 14.2 Å². The lowest BCUT2D eigenvalue weighted by Gasteiger charge is -2.18. The second-order valence-electron chi connectivity index (χ2n) is 18.6. The molecule has 0 spiro atoms. The summed E-state index contributed by atoms with van der Waals surface area (Å²) >= 11 is 0. The Morgan fingerprint density at radius 3 is 0.831 bits per heavy atom. The standard InChI is InChI=1S/C53H102O6/c1-5-7-9-11-13-15-16-17-18-19-22-26-30-34-38-42-46-53(56)59-50(47-57-51(54)44-40-36-32-27-14-12-10-8-6-2)48-58-52(55)45-41-37-33-29-25-23-20-21-24-28-31-35-39-43-49(3)4/h49-50H,5-48H2,1-4H3/t50-/m0/s1. The van der Waals surface area contributed by atoms with Crippen LogP contribution in [0.3, 0.4) is 0 Å². The smallest absolute Gasteiger partial charge is 0.306 e. The van der Waals surface area contributed by atoms with Gasteiger partial charge in [0.1, 0.15) is 13.2 Å².